The van der Waals surface area contributed by atoms with Gasteiger partial charge in [0.1, 0.15) is 11.9 Å². The second kappa shape index (κ2) is 9.43. The van der Waals surface area contributed by atoms with Crippen LogP contribution in [0.2, 0.25) is 10.0 Å². The van der Waals surface area contributed by atoms with Gasteiger partial charge >= 0.3 is 0 Å². The number of nitrogens with one attached hydrogen (secondary N) is 1. The zero-order valence-electron chi connectivity index (χ0n) is 11.4. The fourth-order valence-corrected chi connectivity index (χ4v) is 1.86. The Morgan fingerprint density at radius 2 is 2.05 bits per heavy atom. The SMILES string of the molecule is CCOCCCNCC(C)Oc1ccc(Cl)c(Cl)c1. The van der Waals surface area contributed by atoms with E-state index in [1.54, 1.807) is 12.1 Å². The molecule has 1 aromatic rings. The van der Waals surface area contributed by atoms with E-state index in [9.17, 15) is 0 Å². The standard InChI is InChI=1S/C14H21Cl2NO2/c1-3-18-8-4-7-17-10-11(2)19-12-5-6-13(15)14(16)9-12/h5-6,9,11,17H,3-4,7-8,10H2,1-2H3. The van der Waals surface area contributed by atoms with Gasteiger partial charge in [-0.05, 0) is 38.9 Å². The molecule has 0 fully saturated rings. The van der Waals surface area contributed by atoms with Gasteiger partial charge in [-0.2, -0.15) is 0 Å². The molecule has 0 radical (unpaired) electrons. The maximum absolute atomic E-state index is 5.93. The minimum atomic E-state index is 0.0735. The average Bonchev–Trinajstić information content (AvgIpc) is 2.38. The van der Waals surface area contributed by atoms with Gasteiger partial charge in [-0.25, -0.2) is 0 Å². The molecule has 1 atom stereocenters. The van der Waals surface area contributed by atoms with E-state index in [2.05, 4.69) is 5.32 Å². The highest BCUT2D eigenvalue weighted by atomic mass is 35.5. The summed E-state index contributed by atoms with van der Waals surface area (Å²) in [6, 6.07) is 5.29. The summed E-state index contributed by atoms with van der Waals surface area (Å²) in [4.78, 5) is 0. The highest BCUT2D eigenvalue weighted by molar-refractivity contribution is 6.42. The highest BCUT2D eigenvalue weighted by Gasteiger charge is 2.05. The first-order valence-electron chi connectivity index (χ1n) is 6.53. The van der Waals surface area contributed by atoms with E-state index in [0.717, 1.165) is 38.5 Å². The maximum atomic E-state index is 5.93. The number of ether oxygens (including phenoxy) is 2. The lowest BCUT2D eigenvalue weighted by Gasteiger charge is -2.16. The minimum Gasteiger partial charge on any atom is -0.489 e. The molecule has 1 N–H and O–H groups in total. The second-order valence-electron chi connectivity index (χ2n) is 4.26. The maximum Gasteiger partial charge on any atom is 0.121 e. The number of rotatable bonds is 9. The van der Waals surface area contributed by atoms with Gasteiger partial charge in [0.2, 0.25) is 0 Å². The Hall–Kier alpha value is -0.480. The summed E-state index contributed by atoms with van der Waals surface area (Å²) in [5.74, 6) is 0.734. The van der Waals surface area contributed by atoms with Crippen molar-refractivity contribution in [2.75, 3.05) is 26.3 Å². The quantitative estimate of drug-likeness (QED) is 0.704. The van der Waals surface area contributed by atoms with Crippen molar-refractivity contribution in [3.05, 3.63) is 28.2 Å². The molecule has 0 aliphatic carbocycles. The summed E-state index contributed by atoms with van der Waals surface area (Å²) >= 11 is 11.8. The Labute approximate surface area is 125 Å². The van der Waals surface area contributed by atoms with Gasteiger partial charge in [0, 0.05) is 25.8 Å². The molecule has 0 heterocycles. The van der Waals surface area contributed by atoms with Crippen molar-refractivity contribution in [3.63, 3.8) is 0 Å². The molecule has 0 saturated heterocycles. The van der Waals surface area contributed by atoms with E-state index >= 15 is 0 Å². The summed E-state index contributed by atoms with van der Waals surface area (Å²) in [6.45, 7) is 7.29. The largest absolute Gasteiger partial charge is 0.489 e. The van der Waals surface area contributed by atoms with Gasteiger partial charge < -0.3 is 14.8 Å². The Balaban J connectivity index is 2.19. The zero-order chi connectivity index (χ0) is 14.1. The van der Waals surface area contributed by atoms with Gasteiger partial charge in [0.15, 0.2) is 0 Å². The number of benzene rings is 1. The van der Waals surface area contributed by atoms with Crippen LogP contribution in [0.5, 0.6) is 5.75 Å². The third-order valence-corrected chi connectivity index (χ3v) is 3.25. The minimum absolute atomic E-state index is 0.0735. The molecular formula is C14H21Cl2NO2. The van der Waals surface area contributed by atoms with Gasteiger partial charge in [-0.1, -0.05) is 23.2 Å². The van der Waals surface area contributed by atoms with Gasteiger partial charge in [0.25, 0.3) is 0 Å². The van der Waals surface area contributed by atoms with E-state index in [1.165, 1.54) is 0 Å². The molecule has 19 heavy (non-hydrogen) atoms. The lowest BCUT2D eigenvalue weighted by molar-refractivity contribution is 0.143. The monoisotopic (exact) mass is 305 g/mol. The summed E-state index contributed by atoms with van der Waals surface area (Å²) in [7, 11) is 0. The van der Waals surface area contributed by atoms with Crippen LogP contribution in [0.1, 0.15) is 20.3 Å². The Morgan fingerprint density at radius 3 is 2.74 bits per heavy atom. The lowest BCUT2D eigenvalue weighted by atomic mass is 10.3. The third kappa shape index (κ3) is 7.02. The normalized spacial score (nSPS) is 12.4. The summed E-state index contributed by atoms with van der Waals surface area (Å²) in [6.07, 6.45) is 1.08. The highest BCUT2D eigenvalue weighted by Crippen LogP contribution is 2.26. The molecule has 0 amide bonds. The molecule has 0 aromatic heterocycles. The number of halogens is 2. The number of hydrogen-bond acceptors (Lipinski definition) is 3. The van der Waals surface area contributed by atoms with Crippen LogP contribution in [-0.4, -0.2) is 32.4 Å². The van der Waals surface area contributed by atoms with E-state index < -0.39 is 0 Å². The smallest absolute Gasteiger partial charge is 0.121 e. The topological polar surface area (TPSA) is 30.5 Å². The molecule has 0 aliphatic heterocycles. The van der Waals surface area contributed by atoms with Crippen molar-refractivity contribution in [3.8, 4) is 5.75 Å². The molecule has 1 aromatic carbocycles. The average molecular weight is 306 g/mol. The van der Waals surface area contributed by atoms with Crippen molar-refractivity contribution in [2.24, 2.45) is 0 Å². The molecule has 108 valence electrons. The first-order valence-corrected chi connectivity index (χ1v) is 7.29. The van der Waals surface area contributed by atoms with E-state index in [4.69, 9.17) is 32.7 Å². The van der Waals surface area contributed by atoms with Crippen molar-refractivity contribution < 1.29 is 9.47 Å². The molecule has 3 nitrogen and oxygen atoms in total. The summed E-state index contributed by atoms with van der Waals surface area (Å²) < 4.78 is 11.0. The van der Waals surface area contributed by atoms with Gasteiger partial charge in [-0.3, -0.25) is 0 Å². The van der Waals surface area contributed by atoms with Crippen molar-refractivity contribution in [2.45, 2.75) is 26.4 Å². The zero-order valence-corrected chi connectivity index (χ0v) is 12.9. The van der Waals surface area contributed by atoms with Crippen LogP contribution in [0, 0.1) is 0 Å². The van der Waals surface area contributed by atoms with E-state index in [-0.39, 0.29) is 6.10 Å². The molecule has 0 spiro atoms. The van der Waals surface area contributed by atoms with E-state index in [0.29, 0.717) is 10.0 Å². The Morgan fingerprint density at radius 1 is 1.26 bits per heavy atom. The van der Waals surface area contributed by atoms with Crippen molar-refractivity contribution in [1.82, 2.24) is 5.32 Å². The van der Waals surface area contributed by atoms with Crippen LogP contribution in [0.15, 0.2) is 18.2 Å². The number of hydrogen-bond donors (Lipinski definition) is 1. The molecular weight excluding hydrogens is 285 g/mol. The summed E-state index contributed by atoms with van der Waals surface area (Å²) in [5, 5.41) is 4.37. The fourth-order valence-electron chi connectivity index (χ4n) is 1.57. The third-order valence-electron chi connectivity index (χ3n) is 2.51. The van der Waals surface area contributed by atoms with Crippen LogP contribution < -0.4 is 10.1 Å². The van der Waals surface area contributed by atoms with Crippen LogP contribution >= 0.6 is 23.2 Å². The predicted octanol–water partition coefficient (Wildman–Crippen LogP) is 3.78. The van der Waals surface area contributed by atoms with Crippen LogP contribution in [0.25, 0.3) is 0 Å². The van der Waals surface area contributed by atoms with Crippen LogP contribution in [-0.2, 0) is 4.74 Å². The summed E-state index contributed by atoms with van der Waals surface area (Å²) in [5.41, 5.74) is 0. The Kier molecular flexibility index (Phi) is 8.22. The molecule has 0 aliphatic rings. The molecule has 0 bridgehead atoms. The molecule has 1 rings (SSSR count). The predicted molar refractivity (Wildman–Crippen MR) is 80.5 cm³/mol. The fraction of sp³-hybridized carbons (Fsp3) is 0.571. The second-order valence-corrected chi connectivity index (χ2v) is 5.07. The van der Waals surface area contributed by atoms with Gasteiger partial charge in [0.05, 0.1) is 10.0 Å². The first kappa shape index (κ1) is 16.6. The molecule has 1 unspecified atom stereocenters. The van der Waals surface area contributed by atoms with Gasteiger partial charge in [-0.15, -0.1) is 0 Å². The van der Waals surface area contributed by atoms with Crippen LogP contribution in [0.3, 0.4) is 0 Å². The van der Waals surface area contributed by atoms with Crippen LogP contribution in [0.4, 0.5) is 0 Å². The van der Waals surface area contributed by atoms with Crippen molar-refractivity contribution in [1.29, 1.82) is 0 Å². The van der Waals surface area contributed by atoms with E-state index in [1.807, 2.05) is 19.9 Å². The first-order chi connectivity index (χ1) is 9.13. The van der Waals surface area contributed by atoms with Crippen molar-refractivity contribution >= 4 is 23.2 Å². The molecule has 5 heteroatoms. The lowest BCUT2D eigenvalue weighted by Crippen LogP contribution is -2.30. The Bertz CT molecular complexity index is 374. The molecule has 0 saturated carbocycles.